The molecule has 0 atom stereocenters. The van der Waals surface area contributed by atoms with E-state index in [1.807, 2.05) is 6.07 Å². The van der Waals surface area contributed by atoms with E-state index >= 15 is 0 Å². The van der Waals surface area contributed by atoms with Crippen molar-refractivity contribution in [2.45, 2.75) is 6.92 Å². The number of nitrogens with one attached hydrogen (secondary N) is 3. The van der Waals surface area contributed by atoms with Crippen molar-refractivity contribution >= 4 is 34.8 Å². The molecule has 0 spiro atoms. The van der Waals surface area contributed by atoms with Crippen LogP contribution in [-0.4, -0.2) is 66.2 Å². The maximum atomic E-state index is 14.4. The summed E-state index contributed by atoms with van der Waals surface area (Å²) in [6.07, 6.45) is 1.14. The zero-order valence-electron chi connectivity index (χ0n) is 18.7. The van der Waals surface area contributed by atoms with Gasteiger partial charge in [-0.15, -0.1) is 0 Å². The van der Waals surface area contributed by atoms with Crippen molar-refractivity contribution in [1.82, 2.24) is 19.9 Å². The number of hydrogen-bond donors (Lipinski definition) is 3. The van der Waals surface area contributed by atoms with E-state index in [1.165, 1.54) is 5.69 Å². The lowest BCUT2D eigenvalue weighted by Gasteiger charge is -2.35. The molecule has 172 valence electrons. The molecule has 33 heavy (non-hydrogen) atoms. The summed E-state index contributed by atoms with van der Waals surface area (Å²) in [5, 5.41) is 9.27. The molecule has 3 N–H and O–H groups in total. The van der Waals surface area contributed by atoms with Gasteiger partial charge in [-0.1, -0.05) is 0 Å². The Balaban J connectivity index is 1.30. The van der Waals surface area contributed by atoms with Crippen molar-refractivity contribution in [2.24, 2.45) is 0 Å². The second-order valence-corrected chi connectivity index (χ2v) is 8.25. The normalized spacial score (nSPS) is 15.9. The van der Waals surface area contributed by atoms with Gasteiger partial charge >= 0.3 is 0 Å². The van der Waals surface area contributed by atoms with Gasteiger partial charge in [-0.3, -0.25) is 0 Å². The lowest BCUT2D eigenvalue weighted by Crippen LogP contribution is -2.44. The maximum absolute atomic E-state index is 14.4. The van der Waals surface area contributed by atoms with Gasteiger partial charge in [0.1, 0.15) is 12.4 Å². The lowest BCUT2D eigenvalue weighted by molar-refractivity contribution is 0.312. The molecule has 10 heteroatoms. The fourth-order valence-electron chi connectivity index (χ4n) is 3.99. The Kier molecular flexibility index (Phi) is 5.82. The fourth-order valence-corrected chi connectivity index (χ4v) is 3.99. The highest BCUT2D eigenvalue weighted by atomic mass is 19.1. The van der Waals surface area contributed by atoms with E-state index in [2.05, 4.69) is 66.8 Å². The second-order valence-electron chi connectivity index (χ2n) is 8.25. The minimum absolute atomic E-state index is 0.0439. The number of likely N-dealkylation sites (N-methyl/N-ethyl adjacent to an activating group) is 1. The number of anilines is 6. The van der Waals surface area contributed by atoms with Gasteiger partial charge in [-0.2, -0.15) is 4.98 Å². The summed E-state index contributed by atoms with van der Waals surface area (Å²) in [6, 6.07) is 9.68. The summed E-state index contributed by atoms with van der Waals surface area (Å²) in [4.78, 5) is 17.6. The Labute approximate surface area is 192 Å². The number of aryl methyl sites for hydroxylation is 1. The number of rotatable bonds is 5. The molecule has 5 rings (SSSR count). The van der Waals surface area contributed by atoms with E-state index in [0.29, 0.717) is 36.5 Å². The lowest BCUT2D eigenvalue weighted by atomic mass is 10.1. The molecule has 9 nitrogen and oxygen atoms in total. The molecule has 1 aromatic carbocycles. The van der Waals surface area contributed by atoms with E-state index in [4.69, 9.17) is 4.74 Å². The highest BCUT2D eigenvalue weighted by molar-refractivity contribution is 5.65. The standard InChI is InChI=1S/C23H27FN8O/c1-15-13-16(3-4-18(15)32-10-8-31(2)9-11-32)27-23-26-14-17(24)21(30-23)28-20-6-5-19-22(29-20)25-7-12-33-19/h3-6,13-14H,7-12H2,1-2H3,(H3,25,26,27,28,29,30). The summed E-state index contributed by atoms with van der Waals surface area (Å²) in [6.45, 7) is 7.49. The average Bonchev–Trinajstić information content (AvgIpc) is 2.82. The predicted molar refractivity (Wildman–Crippen MR) is 128 cm³/mol. The van der Waals surface area contributed by atoms with Crippen LogP contribution in [0.5, 0.6) is 5.75 Å². The first-order valence-electron chi connectivity index (χ1n) is 11.0. The Morgan fingerprint density at radius 2 is 1.91 bits per heavy atom. The summed E-state index contributed by atoms with van der Waals surface area (Å²) in [5.41, 5.74) is 3.24. The van der Waals surface area contributed by atoms with Crippen LogP contribution in [0.2, 0.25) is 0 Å². The van der Waals surface area contributed by atoms with Gasteiger partial charge in [0, 0.05) is 37.6 Å². The fraction of sp³-hybridized carbons (Fsp3) is 0.348. The predicted octanol–water partition coefficient (Wildman–Crippen LogP) is 3.36. The number of nitrogens with zero attached hydrogens (tertiary/aromatic N) is 5. The van der Waals surface area contributed by atoms with E-state index < -0.39 is 5.82 Å². The van der Waals surface area contributed by atoms with Crippen LogP contribution in [0.15, 0.2) is 36.5 Å². The van der Waals surface area contributed by atoms with Crippen LogP contribution in [-0.2, 0) is 0 Å². The number of piperazine rings is 1. The van der Waals surface area contributed by atoms with Crippen LogP contribution in [0.1, 0.15) is 5.56 Å². The molecular formula is C23H27FN8O. The molecule has 0 aliphatic carbocycles. The summed E-state index contributed by atoms with van der Waals surface area (Å²) >= 11 is 0. The third-order valence-electron chi connectivity index (χ3n) is 5.80. The molecule has 1 fully saturated rings. The molecule has 0 unspecified atom stereocenters. The minimum Gasteiger partial charge on any atom is -0.488 e. The van der Waals surface area contributed by atoms with Gasteiger partial charge in [0.05, 0.1) is 12.7 Å². The van der Waals surface area contributed by atoms with E-state index in [9.17, 15) is 4.39 Å². The summed E-state index contributed by atoms with van der Waals surface area (Å²) in [7, 11) is 2.15. The smallest absolute Gasteiger partial charge is 0.229 e. The second kappa shape index (κ2) is 9.07. The number of ether oxygens (including phenoxy) is 1. The van der Waals surface area contributed by atoms with Crippen molar-refractivity contribution in [3.8, 4) is 5.75 Å². The number of pyridine rings is 1. The first kappa shape index (κ1) is 21.2. The van der Waals surface area contributed by atoms with E-state index in [0.717, 1.165) is 43.6 Å². The van der Waals surface area contributed by atoms with Crippen molar-refractivity contribution in [3.63, 3.8) is 0 Å². The van der Waals surface area contributed by atoms with Gasteiger partial charge in [0.25, 0.3) is 0 Å². The van der Waals surface area contributed by atoms with Gasteiger partial charge in [-0.05, 0) is 49.9 Å². The van der Waals surface area contributed by atoms with Crippen LogP contribution in [0.4, 0.5) is 39.2 Å². The summed E-state index contributed by atoms with van der Waals surface area (Å²) < 4.78 is 19.9. The molecule has 0 radical (unpaired) electrons. The zero-order valence-corrected chi connectivity index (χ0v) is 18.7. The minimum atomic E-state index is -0.564. The largest absolute Gasteiger partial charge is 0.488 e. The Morgan fingerprint density at radius 1 is 1.06 bits per heavy atom. The molecule has 3 aromatic rings. The molecule has 2 aromatic heterocycles. The van der Waals surface area contributed by atoms with E-state index in [-0.39, 0.29) is 5.82 Å². The topological polar surface area (TPSA) is 90.5 Å². The molecule has 0 saturated carbocycles. The third-order valence-corrected chi connectivity index (χ3v) is 5.80. The molecule has 1 saturated heterocycles. The molecule has 0 bridgehead atoms. The van der Waals surface area contributed by atoms with Gasteiger partial charge in [0.15, 0.2) is 23.2 Å². The first-order valence-corrected chi connectivity index (χ1v) is 11.0. The average molecular weight is 451 g/mol. The van der Waals surface area contributed by atoms with Crippen LogP contribution in [0, 0.1) is 12.7 Å². The van der Waals surface area contributed by atoms with Gasteiger partial charge in [-0.25, -0.2) is 14.4 Å². The quantitative estimate of drug-likeness (QED) is 0.541. The number of aromatic nitrogens is 3. The molecule has 0 amide bonds. The molecule has 2 aliphatic rings. The molecule has 4 heterocycles. The van der Waals surface area contributed by atoms with Gasteiger partial charge in [0.2, 0.25) is 5.95 Å². The number of hydrogen-bond acceptors (Lipinski definition) is 9. The summed E-state index contributed by atoms with van der Waals surface area (Å²) in [5.74, 6) is 1.53. The van der Waals surface area contributed by atoms with Crippen LogP contribution < -0.4 is 25.6 Å². The van der Waals surface area contributed by atoms with E-state index in [1.54, 1.807) is 12.1 Å². The van der Waals surface area contributed by atoms with Crippen LogP contribution in [0.25, 0.3) is 0 Å². The van der Waals surface area contributed by atoms with Crippen molar-refractivity contribution in [2.75, 3.05) is 67.2 Å². The maximum Gasteiger partial charge on any atom is 0.229 e. The van der Waals surface area contributed by atoms with Crippen molar-refractivity contribution in [3.05, 3.63) is 47.9 Å². The zero-order chi connectivity index (χ0) is 22.8. The Morgan fingerprint density at radius 3 is 2.73 bits per heavy atom. The Bertz CT molecular complexity index is 1150. The Hall–Kier alpha value is -3.66. The van der Waals surface area contributed by atoms with Crippen molar-refractivity contribution in [1.29, 1.82) is 0 Å². The number of fused-ring (bicyclic) bond motifs is 1. The van der Waals surface area contributed by atoms with Crippen molar-refractivity contribution < 1.29 is 9.13 Å². The van der Waals surface area contributed by atoms with Gasteiger partial charge < -0.3 is 30.5 Å². The monoisotopic (exact) mass is 450 g/mol. The third kappa shape index (κ3) is 4.75. The SMILES string of the molecule is Cc1cc(Nc2ncc(F)c(Nc3ccc4c(n3)NCCO4)n2)ccc1N1CCN(C)CC1. The van der Waals surface area contributed by atoms with Crippen LogP contribution in [0.3, 0.4) is 0 Å². The highest BCUT2D eigenvalue weighted by Crippen LogP contribution is 2.29. The molecular weight excluding hydrogens is 423 g/mol. The highest BCUT2D eigenvalue weighted by Gasteiger charge is 2.17. The number of halogens is 1. The first-order chi connectivity index (χ1) is 16.0. The van der Waals surface area contributed by atoms with Crippen LogP contribution >= 0.6 is 0 Å². The number of benzene rings is 1. The molecule has 2 aliphatic heterocycles.